The molecule has 2 aromatic heterocycles. The van der Waals surface area contributed by atoms with Gasteiger partial charge in [-0.1, -0.05) is 11.6 Å². The van der Waals surface area contributed by atoms with Crippen molar-refractivity contribution in [1.82, 2.24) is 19.6 Å². The Balaban J connectivity index is 2.16. The number of hydrogen-bond acceptors (Lipinski definition) is 4. The Hall–Kier alpha value is -2.28. The van der Waals surface area contributed by atoms with Gasteiger partial charge in [0.2, 0.25) is 0 Å². The van der Waals surface area contributed by atoms with E-state index in [1.807, 2.05) is 0 Å². The Bertz CT molecular complexity index is 846. The summed E-state index contributed by atoms with van der Waals surface area (Å²) < 4.78 is 28.9. The second-order valence-corrected chi connectivity index (χ2v) is 4.91. The SMILES string of the molecule is Cc1cc(F)c(Nc2c(C)c(Cl)nc3ncnn23)cc1F. The van der Waals surface area contributed by atoms with Crippen LogP contribution in [0.1, 0.15) is 11.1 Å². The molecule has 8 heteroatoms. The van der Waals surface area contributed by atoms with E-state index in [0.717, 1.165) is 12.1 Å². The largest absolute Gasteiger partial charge is 0.337 e. The van der Waals surface area contributed by atoms with Crippen LogP contribution in [-0.2, 0) is 0 Å². The molecule has 5 nitrogen and oxygen atoms in total. The average Bonchev–Trinajstić information content (AvgIpc) is 2.88. The number of anilines is 2. The predicted octanol–water partition coefficient (Wildman–Crippen LogP) is 3.42. The van der Waals surface area contributed by atoms with E-state index >= 15 is 0 Å². The summed E-state index contributed by atoms with van der Waals surface area (Å²) in [4.78, 5) is 7.96. The van der Waals surface area contributed by atoms with Crippen LogP contribution in [0.15, 0.2) is 18.5 Å². The summed E-state index contributed by atoms with van der Waals surface area (Å²) in [5, 5.41) is 7.01. The molecule has 0 radical (unpaired) electrons. The van der Waals surface area contributed by atoms with E-state index in [4.69, 9.17) is 11.6 Å². The van der Waals surface area contributed by atoms with E-state index in [1.165, 1.54) is 17.8 Å². The molecule has 0 aliphatic carbocycles. The van der Waals surface area contributed by atoms with Crippen molar-refractivity contribution in [1.29, 1.82) is 0 Å². The molecule has 108 valence electrons. The van der Waals surface area contributed by atoms with Gasteiger partial charge in [-0.3, -0.25) is 0 Å². The minimum absolute atomic E-state index is 0.0136. The molecular weight excluding hydrogens is 300 g/mol. The lowest BCUT2D eigenvalue weighted by Gasteiger charge is -2.13. The van der Waals surface area contributed by atoms with Gasteiger partial charge in [-0.15, -0.1) is 0 Å². The van der Waals surface area contributed by atoms with Crippen LogP contribution in [0.4, 0.5) is 20.3 Å². The number of nitrogens with zero attached hydrogens (tertiary/aromatic N) is 4. The first-order chi connectivity index (χ1) is 9.97. The normalized spacial score (nSPS) is 11.1. The molecule has 1 aromatic carbocycles. The first-order valence-corrected chi connectivity index (χ1v) is 6.43. The van der Waals surface area contributed by atoms with Crippen molar-refractivity contribution < 1.29 is 8.78 Å². The van der Waals surface area contributed by atoms with Crippen LogP contribution >= 0.6 is 11.6 Å². The molecule has 1 N–H and O–H groups in total. The highest BCUT2D eigenvalue weighted by atomic mass is 35.5. The van der Waals surface area contributed by atoms with Crippen LogP contribution in [0.5, 0.6) is 0 Å². The summed E-state index contributed by atoms with van der Waals surface area (Å²) in [6.07, 6.45) is 1.30. The van der Waals surface area contributed by atoms with Crippen molar-refractivity contribution in [2.24, 2.45) is 0 Å². The highest BCUT2D eigenvalue weighted by Gasteiger charge is 2.15. The third-order valence-electron chi connectivity index (χ3n) is 3.11. The molecule has 0 unspecified atom stereocenters. The second-order valence-electron chi connectivity index (χ2n) is 4.55. The van der Waals surface area contributed by atoms with Crippen molar-refractivity contribution in [3.8, 4) is 0 Å². The van der Waals surface area contributed by atoms with E-state index in [0.29, 0.717) is 11.4 Å². The van der Waals surface area contributed by atoms with E-state index in [9.17, 15) is 8.78 Å². The first kappa shape index (κ1) is 13.7. The average molecular weight is 310 g/mol. The Kier molecular flexibility index (Phi) is 3.21. The summed E-state index contributed by atoms with van der Waals surface area (Å²) in [5.74, 6) is -0.438. The number of nitrogens with one attached hydrogen (secondary N) is 1. The van der Waals surface area contributed by atoms with Crippen molar-refractivity contribution in [3.05, 3.63) is 46.4 Å². The molecular formula is C13H10ClF2N5. The lowest BCUT2D eigenvalue weighted by Crippen LogP contribution is -2.06. The molecule has 0 bridgehead atoms. The quantitative estimate of drug-likeness (QED) is 0.737. The van der Waals surface area contributed by atoms with E-state index in [-0.39, 0.29) is 22.2 Å². The van der Waals surface area contributed by atoms with E-state index in [1.54, 1.807) is 6.92 Å². The zero-order valence-electron chi connectivity index (χ0n) is 11.2. The van der Waals surface area contributed by atoms with Crippen LogP contribution in [0.25, 0.3) is 5.78 Å². The Morgan fingerprint density at radius 1 is 1.19 bits per heavy atom. The van der Waals surface area contributed by atoms with Crippen molar-refractivity contribution in [2.75, 3.05) is 5.32 Å². The van der Waals surface area contributed by atoms with Gasteiger partial charge in [-0.2, -0.15) is 19.6 Å². The van der Waals surface area contributed by atoms with Crippen LogP contribution < -0.4 is 5.32 Å². The summed E-state index contributed by atoms with van der Waals surface area (Å²) in [6.45, 7) is 3.19. The summed E-state index contributed by atoms with van der Waals surface area (Å²) in [6, 6.07) is 2.20. The van der Waals surface area contributed by atoms with Gasteiger partial charge in [0.05, 0.1) is 5.69 Å². The number of fused-ring (bicyclic) bond motifs is 1. The third kappa shape index (κ3) is 2.29. The molecule has 0 spiro atoms. The van der Waals surface area contributed by atoms with Crippen molar-refractivity contribution in [2.45, 2.75) is 13.8 Å². The van der Waals surface area contributed by atoms with Crippen molar-refractivity contribution in [3.63, 3.8) is 0 Å². The molecule has 0 fully saturated rings. The van der Waals surface area contributed by atoms with Gasteiger partial charge in [-0.05, 0) is 25.5 Å². The number of benzene rings is 1. The van der Waals surface area contributed by atoms with E-state index < -0.39 is 11.6 Å². The number of aromatic nitrogens is 4. The van der Waals surface area contributed by atoms with Crippen LogP contribution in [0.3, 0.4) is 0 Å². The van der Waals surface area contributed by atoms with Gasteiger partial charge < -0.3 is 5.32 Å². The predicted molar refractivity (Wildman–Crippen MR) is 74.9 cm³/mol. The third-order valence-corrected chi connectivity index (χ3v) is 3.47. The second kappa shape index (κ2) is 4.92. The zero-order chi connectivity index (χ0) is 15.1. The standard InChI is InChI=1S/C13H10ClF2N5/c1-6-3-9(16)10(4-8(6)15)19-12-7(2)11(14)20-13-17-5-18-21(12)13/h3-5,19H,1-2H3. The Morgan fingerprint density at radius 2 is 1.95 bits per heavy atom. The molecule has 0 saturated heterocycles. The minimum Gasteiger partial charge on any atom is -0.337 e. The molecule has 0 aliphatic heterocycles. The summed E-state index contributed by atoms with van der Waals surface area (Å²) >= 11 is 6.01. The smallest absolute Gasteiger partial charge is 0.255 e. The van der Waals surface area contributed by atoms with Gasteiger partial charge in [0.25, 0.3) is 5.78 Å². The first-order valence-electron chi connectivity index (χ1n) is 6.06. The van der Waals surface area contributed by atoms with Gasteiger partial charge in [0.1, 0.15) is 28.9 Å². The fraction of sp³-hybridized carbons (Fsp3) is 0.154. The maximum atomic E-state index is 14.0. The van der Waals surface area contributed by atoms with Crippen LogP contribution in [-0.4, -0.2) is 19.6 Å². The maximum Gasteiger partial charge on any atom is 0.255 e. The van der Waals surface area contributed by atoms with E-state index in [2.05, 4.69) is 20.4 Å². The zero-order valence-corrected chi connectivity index (χ0v) is 11.9. The van der Waals surface area contributed by atoms with Crippen molar-refractivity contribution >= 4 is 28.9 Å². The number of rotatable bonds is 2. The minimum atomic E-state index is -0.575. The number of aryl methyl sites for hydroxylation is 1. The Labute approximate surface area is 123 Å². The van der Waals surface area contributed by atoms with Gasteiger partial charge in [0.15, 0.2) is 0 Å². The molecule has 0 aliphatic rings. The fourth-order valence-corrected chi connectivity index (χ4v) is 2.08. The molecule has 3 aromatic rings. The lowest BCUT2D eigenvalue weighted by atomic mass is 10.2. The number of halogens is 3. The molecule has 0 atom stereocenters. The summed E-state index contributed by atoms with van der Waals surface area (Å²) in [5.41, 5.74) is 0.767. The molecule has 0 amide bonds. The summed E-state index contributed by atoms with van der Waals surface area (Å²) in [7, 11) is 0. The highest BCUT2D eigenvalue weighted by molar-refractivity contribution is 6.30. The van der Waals surface area contributed by atoms with Gasteiger partial charge >= 0.3 is 0 Å². The molecule has 21 heavy (non-hydrogen) atoms. The topological polar surface area (TPSA) is 55.1 Å². The van der Waals surface area contributed by atoms with Crippen LogP contribution in [0, 0.1) is 25.5 Å². The highest BCUT2D eigenvalue weighted by Crippen LogP contribution is 2.27. The van der Waals surface area contributed by atoms with Crippen LogP contribution in [0.2, 0.25) is 5.15 Å². The Morgan fingerprint density at radius 3 is 2.71 bits per heavy atom. The number of hydrogen-bond donors (Lipinski definition) is 1. The lowest BCUT2D eigenvalue weighted by molar-refractivity contribution is 0.595. The fourth-order valence-electron chi connectivity index (χ4n) is 1.91. The maximum absolute atomic E-state index is 14.0. The molecule has 3 rings (SSSR count). The van der Waals surface area contributed by atoms with Gasteiger partial charge in [0, 0.05) is 11.6 Å². The van der Waals surface area contributed by atoms with Gasteiger partial charge in [-0.25, -0.2) is 8.78 Å². The molecule has 2 heterocycles. The monoisotopic (exact) mass is 309 g/mol. The molecule has 0 saturated carbocycles.